The van der Waals surface area contributed by atoms with Crippen LogP contribution in [0.2, 0.25) is 0 Å². The maximum atomic E-state index is 11.8. The summed E-state index contributed by atoms with van der Waals surface area (Å²) in [5.41, 5.74) is 1.32. The van der Waals surface area contributed by atoms with E-state index in [4.69, 9.17) is 0 Å². The monoisotopic (exact) mass is 299 g/mol. The summed E-state index contributed by atoms with van der Waals surface area (Å²) < 4.78 is 39.9. The fourth-order valence-electron chi connectivity index (χ4n) is 1.58. The molecule has 1 N–H and O–H groups in total. The third kappa shape index (κ3) is 4.67. The largest absolute Gasteiger partial charge is 0.411 e. The second-order valence-electron chi connectivity index (χ2n) is 4.17. The molecule has 8 heteroatoms. The van der Waals surface area contributed by atoms with Crippen molar-refractivity contribution >= 4 is 16.9 Å². The highest BCUT2D eigenvalue weighted by Crippen LogP contribution is 2.14. The van der Waals surface area contributed by atoms with E-state index in [1.807, 2.05) is 0 Å². The van der Waals surface area contributed by atoms with E-state index >= 15 is 0 Å². The van der Waals surface area contributed by atoms with Gasteiger partial charge in [-0.3, -0.25) is 9.78 Å². The molecule has 2 aromatic rings. The van der Waals surface area contributed by atoms with E-state index in [9.17, 15) is 18.0 Å². The number of fused-ring (bicyclic) bond motifs is 1. The smallest absolute Gasteiger partial charge is 0.370 e. The van der Waals surface area contributed by atoms with Gasteiger partial charge in [-0.05, 0) is 12.1 Å². The highest BCUT2D eigenvalue weighted by atomic mass is 19.4. The topological polar surface area (TPSA) is 64.1 Å². The van der Waals surface area contributed by atoms with E-state index < -0.39 is 18.7 Å². The summed E-state index contributed by atoms with van der Waals surface area (Å²) in [5, 5.41) is 2.42. The predicted octanol–water partition coefficient (Wildman–Crippen LogP) is 1.94. The molecule has 0 aliphatic rings. The molecule has 0 saturated heterocycles. The van der Waals surface area contributed by atoms with Gasteiger partial charge in [0.15, 0.2) is 0 Å². The Kier molecular flexibility index (Phi) is 4.69. The minimum Gasteiger partial charge on any atom is -0.370 e. The third-order valence-electron chi connectivity index (χ3n) is 2.48. The molecule has 5 nitrogen and oxygen atoms in total. The molecular weight excluding hydrogens is 287 g/mol. The van der Waals surface area contributed by atoms with Crippen LogP contribution in [0.1, 0.15) is 10.5 Å². The molecule has 0 spiro atoms. The van der Waals surface area contributed by atoms with Gasteiger partial charge in [0.25, 0.3) is 5.91 Å². The summed E-state index contributed by atoms with van der Waals surface area (Å²) in [7, 11) is 0. The molecule has 0 saturated carbocycles. The number of para-hydroxylation sites is 2. The highest BCUT2D eigenvalue weighted by molar-refractivity contribution is 5.93. The zero-order chi connectivity index (χ0) is 15.3. The molecule has 0 aliphatic carbocycles. The summed E-state index contributed by atoms with van der Waals surface area (Å²) >= 11 is 0. The summed E-state index contributed by atoms with van der Waals surface area (Å²) in [4.78, 5) is 20.0. The first kappa shape index (κ1) is 15.2. The zero-order valence-electron chi connectivity index (χ0n) is 10.9. The molecule has 0 fully saturated rings. The van der Waals surface area contributed by atoms with E-state index in [0.717, 1.165) is 0 Å². The molecular formula is C13H12F3N3O2. The molecule has 0 atom stereocenters. The van der Waals surface area contributed by atoms with Crippen molar-refractivity contribution in [2.24, 2.45) is 0 Å². The van der Waals surface area contributed by atoms with E-state index in [-0.39, 0.29) is 18.8 Å². The standard InChI is InChI=1S/C13H12F3N3O2/c14-13(15,16)8-21-6-5-17-12(20)11-7-18-9-3-1-2-4-10(9)19-11/h1-4,7H,5-6,8H2,(H,17,20). The molecule has 0 aliphatic heterocycles. The van der Waals surface area contributed by atoms with Gasteiger partial charge in [0, 0.05) is 6.54 Å². The first-order valence-corrected chi connectivity index (χ1v) is 6.10. The van der Waals surface area contributed by atoms with Gasteiger partial charge in [0.2, 0.25) is 0 Å². The van der Waals surface area contributed by atoms with Gasteiger partial charge in [-0.1, -0.05) is 12.1 Å². The van der Waals surface area contributed by atoms with Crippen molar-refractivity contribution in [1.29, 1.82) is 0 Å². The number of nitrogens with zero attached hydrogens (tertiary/aromatic N) is 2. The van der Waals surface area contributed by atoms with Crippen molar-refractivity contribution in [2.75, 3.05) is 19.8 Å². The van der Waals surface area contributed by atoms with E-state index in [2.05, 4.69) is 20.0 Å². The van der Waals surface area contributed by atoms with E-state index in [1.165, 1.54) is 6.20 Å². The SMILES string of the molecule is O=C(NCCOCC(F)(F)F)c1cnc2ccccc2n1. The summed E-state index contributed by atoms with van der Waals surface area (Å²) in [6, 6.07) is 7.04. The number of aromatic nitrogens is 2. The van der Waals surface area contributed by atoms with Crippen molar-refractivity contribution in [2.45, 2.75) is 6.18 Å². The van der Waals surface area contributed by atoms with Gasteiger partial charge in [-0.25, -0.2) is 4.98 Å². The van der Waals surface area contributed by atoms with Crippen LogP contribution in [0.3, 0.4) is 0 Å². The normalized spacial score (nSPS) is 11.6. The van der Waals surface area contributed by atoms with Gasteiger partial charge < -0.3 is 10.1 Å². The van der Waals surface area contributed by atoms with Crippen molar-refractivity contribution in [3.05, 3.63) is 36.2 Å². The van der Waals surface area contributed by atoms with Crippen molar-refractivity contribution in [3.63, 3.8) is 0 Å². The second kappa shape index (κ2) is 6.49. The number of hydrogen-bond acceptors (Lipinski definition) is 4. The van der Waals surface area contributed by atoms with Crippen LogP contribution in [0, 0.1) is 0 Å². The maximum Gasteiger partial charge on any atom is 0.411 e. The van der Waals surface area contributed by atoms with Gasteiger partial charge in [0.1, 0.15) is 12.3 Å². The Balaban J connectivity index is 1.85. The number of alkyl halides is 3. The Morgan fingerprint density at radius 2 is 1.95 bits per heavy atom. The van der Waals surface area contributed by atoms with Crippen LogP contribution in [-0.2, 0) is 4.74 Å². The molecule has 112 valence electrons. The molecule has 1 heterocycles. The number of benzene rings is 1. The van der Waals surface area contributed by atoms with Crippen LogP contribution in [0.25, 0.3) is 11.0 Å². The lowest BCUT2D eigenvalue weighted by Crippen LogP contribution is -2.29. The Morgan fingerprint density at radius 1 is 1.24 bits per heavy atom. The number of hydrogen-bond donors (Lipinski definition) is 1. The van der Waals surface area contributed by atoms with Crippen LogP contribution in [0.5, 0.6) is 0 Å². The summed E-state index contributed by atoms with van der Waals surface area (Å²) in [5.74, 6) is -0.510. The molecule has 0 bridgehead atoms. The Morgan fingerprint density at radius 3 is 2.67 bits per heavy atom. The fraction of sp³-hybridized carbons (Fsp3) is 0.308. The van der Waals surface area contributed by atoms with Crippen molar-refractivity contribution in [1.82, 2.24) is 15.3 Å². The predicted molar refractivity (Wildman–Crippen MR) is 68.7 cm³/mol. The first-order valence-electron chi connectivity index (χ1n) is 6.10. The molecule has 1 aromatic carbocycles. The van der Waals surface area contributed by atoms with E-state index in [1.54, 1.807) is 24.3 Å². The number of carbonyl (C=O) groups excluding carboxylic acids is 1. The Bertz CT molecular complexity index is 631. The minimum absolute atomic E-state index is 0.0383. The van der Waals surface area contributed by atoms with Crippen LogP contribution < -0.4 is 5.32 Å². The number of halogens is 3. The van der Waals surface area contributed by atoms with Crippen molar-refractivity contribution < 1.29 is 22.7 Å². The lowest BCUT2D eigenvalue weighted by molar-refractivity contribution is -0.173. The molecule has 21 heavy (non-hydrogen) atoms. The number of carbonyl (C=O) groups is 1. The summed E-state index contributed by atoms with van der Waals surface area (Å²) in [6.07, 6.45) is -3.05. The molecule has 0 radical (unpaired) electrons. The molecule has 0 unspecified atom stereocenters. The minimum atomic E-state index is -4.37. The molecule has 1 amide bonds. The van der Waals surface area contributed by atoms with Crippen LogP contribution in [-0.4, -0.2) is 41.8 Å². The van der Waals surface area contributed by atoms with Gasteiger partial charge in [-0.15, -0.1) is 0 Å². The number of rotatable bonds is 5. The molecule has 2 rings (SSSR count). The third-order valence-corrected chi connectivity index (χ3v) is 2.48. The van der Waals surface area contributed by atoms with Gasteiger partial charge in [-0.2, -0.15) is 13.2 Å². The fourth-order valence-corrected chi connectivity index (χ4v) is 1.58. The van der Waals surface area contributed by atoms with Crippen LogP contribution in [0.15, 0.2) is 30.5 Å². The number of nitrogens with one attached hydrogen (secondary N) is 1. The maximum absolute atomic E-state index is 11.8. The van der Waals surface area contributed by atoms with Gasteiger partial charge >= 0.3 is 6.18 Å². The lowest BCUT2D eigenvalue weighted by atomic mass is 10.3. The Labute approximate surface area is 118 Å². The van der Waals surface area contributed by atoms with Crippen molar-refractivity contribution in [3.8, 4) is 0 Å². The second-order valence-corrected chi connectivity index (χ2v) is 4.17. The highest BCUT2D eigenvalue weighted by Gasteiger charge is 2.27. The van der Waals surface area contributed by atoms with Crippen LogP contribution in [0.4, 0.5) is 13.2 Å². The Hall–Kier alpha value is -2.22. The quantitative estimate of drug-likeness (QED) is 0.857. The number of ether oxygens (including phenoxy) is 1. The number of amides is 1. The van der Waals surface area contributed by atoms with Gasteiger partial charge in [0.05, 0.1) is 23.8 Å². The zero-order valence-corrected chi connectivity index (χ0v) is 10.9. The summed E-state index contributed by atoms with van der Waals surface area (Å²) in [6.45, 7) is -1.60. The first-order chi connectivity index (χ1) is 9.96. The van der Waals surface area contributed by atoms with Crippen LogP contribution >= 0.6 is 0 Å². The lowest BCUT2D eigenvalue weighted by Gasteiger charge is -2.08. The molecule has 1 aromatic heterocycles. The average Bonchev–Trinajstić information content (AvgIpc) is 2.45. The van der Waals surface area contributed by atoms with E-state index in [0.29, 0.717) is 11.0 Å². The average molecular weight is 299 g/mol.